The zero-order valence-electron chi connectivity index (χ0n) is 11.9. The highest BCUT2D eigenvalue weighted by Crippen LogP contribution is 2.42. The maximum Gasteiger partial charge on any atom is 0.325 e. The molecule has 0 amide bonds. The number of hydrogen-bond donors (Lipinski definition) is 1. The summed E-state index contributed by atoms with van der Waals surface area (Å²) in [5.41, 5.74) is 0. The van der Waals surface area contributed by atoms with Gasteiger partial charge in [-0.1, -0.05) is 0 Å². The Labute approximate surface area is 130 Å². The third kappa shape index (κ3) is 3.02. The van der Waals surface area contributed by atoms with Gasteiger partial charge in [0.05, 0.1) is 25.8 Å². The Balaban J connectivity index is 2.53. The number of esters is 1. The van der Waals surface area contributed by atoms with Gasteiger partial charge >= 0.3 is 5.97 Å². The summed E-state index contributed by atoms with van der Waals surface area (Å²) in [6, 6.07) is 3.66. The summed E-state index contributed by atoms with van der Waals surface area (Å²) in [6.07, 6.45) is 1.65. The number of anilines is 1. The van der Waals surface area contributed by atoms with Crippen molar-refractivity contribution < 1.29 is 19.0 Å². The van der Waals surface area contributed by atoms with Crippen LogP contribution in [0.15, 0.2) is 22.8 Å². The summed E-state index contributed by atoms with van der Waals surface area (Å²) >= 11 is 3.51. The summed E-state index contributed by atoms with van der Waals surface area (Å²) in [7, 11) is 4.48. The molecule has 0 fully saturated rings. The Morgan fingerprint density at radius 1 is 1.29 bits per heavy atom. The van der Waals surface area contributed by atoms with Crippen LogP contribution in [0.4, 0.5) is 5.82 Å². The van der Waals surface area contributed by atoms with Crippen LogP contribution >= 0.6 is 15.9 Å². The van der Waals surface area contributed by atoms with Gasteiger partial charge in [-0.15, -0.1) is 0 Å². The highest BCUT2D eigenvalue weighted by Gasteiger charge is 2.15. The second-order valence-corrected chi connectivity index (χ2v) is 4.90. The minimum Gasteiger partial charge on any atom is -0.493 e. The summed E-state index contributed by atoms with van der Waals surface area (Å²) in [5, 5.41) is 4.66. The van der Waals surface area contributed by atoms with E-state index < -0.39 is 0 Å². The number of methoxy groups -OCH3 is 3. The molecule has 0 spiro atoms. The second kappa shape index (κ2) is 6.62. The number of benzene rings is 1. The lowest BCUT2D eigenvalue weighted by atomic mass is 10.1. The summed E-state index contributed by atoms with van der Waals surface area (Å²) in [4.78, 5) is 15.5. The number of nitrogens with zero attached hydrogens (tertiary/aromatic N) is 1. The zero-order valence-corrected chi connectivity index (χ0v) is 13.5. The molecule has 0 aliphatic heterocycles. The number of halogens is 1. The molecule has 21 heavy (non-hydrogen) atoms. The third-order valence-corrected chi connectivity index (χ3v) is 3.76. The Morgan fingerprint density at radius 2 is 2.05 bits per heavy atom. The first-order valence-electron chi connectivity index (χ1n) is 6.12. The largest absolute Gasteiger partial charge is 0.493 e. The van der Waals surface area contributed by atoms with E-state index in [4.69, 9.17) is 9.47 Å². The second-order valence-electron chi connectivity index (χ2n) is 4.11. The number of fused-ring (bicyclic) bond motifs is 1. The van der Waals surface area contributed by atoms with Gasteiger partial charge in [-0.25, -0.2) is 4.98 Å². The topological polar surface area (TPSA) is 69.7 Å². The van der Waals surface area contributed by atoms with Crippen molar-refractivity contribution in [1.29, 1.82) is 0 Å². The Bertz CT molecular complexity index is 676. The number of carbonyl (C=O) groups is 1. The van der Waals surface area contributed by atoms with Crippen molar-refractivity contribution in [3.05, 3.63) is 22.8 Å². The Kier molecular flexibility index (Phi) is 4.85. The molecule has 0 saturated carbocycles. The zero-order chi connectivity index (χ0) is 15.4. The van der Waals surface area contributed by atoms with E-state index >= 15 is 0 Å². The van der Waals surface area contributed by atoms with E-state index in [0.717, 1.165) is 15.2 Å². The van der Waals surface area contributed by atoms with Crippen LogP contribution in [0.2, 0.25) is 0 Å². The van der Waals surface area contributed by atoms with Crippen LogP contribution in [-0.2, 0) is 9.53 Å². The molecule has 0 radical (unpaired) electrons. The number of hydrogen-bond acceptors (Lipinski definition) is 6. The number of ether oxygens (including phenoxy) is 3. The molecule has 7 heteroatoms. The van der Waals surface area contributed by atoms with Crippen molar-refractivity contribution in [3.8, 4) is 11.5 Å². The predicted octanol–water partition coefficient (Wildman–Crippen LogP) is 2.60. The molecular weight excluding hydrogens is 340 g/mol. The van der Waals surface area contributed by atoms with E-state index in [-0.39, 0.29) is 12.5 Å². The van der Waals surface area contributed by atoms with Gasteiger partial charge in [0.2, 0.25) is 0 Å². The number of rotatable bonds is 5. The van der Waals surface area contributed by atoms with Crippen LogP contribution in [0.5, 0.6) is 11.5 Å². The molecule has 1 heterocycles. The van der Waals surface area contributed by atoms with E-state index in [1.807, 2.05) is 12.1 Å². The van der Waals surface area contributed by atoms with Crippen LogP contribution in [0, 0.1) is 0 Å². The molecule has 112 valence electrons. The van der Waals surface area contributed by atoms with Crippen molar-refractivity contribution in [2.45, 2.75) is 0 Å². The first-order chi connectivity index (χ1) is 10.1. The Morgan fingerprint density at radius 3 is 2.67 bits per heavy atom. The molecule has 0 atom stereocenters. The van der Waals surface area contributed by atoms with Gasteiger partial charge in [0, 0.05) is 17.0 Å². The summed E-state index contributed by atoms with van der Waals surface area (Å²) < 4.78 is 16.0. The number of carbonyl (C=O) groups excluding carboxylic acids is 1. The fourth-order valence-electron chi connectivity index (χ4n) is 1.95. The number of nitrogens with one attached hydrogen (secondary N) is 1. The first kappa shape index (κ1) is 15.4. The summed E-state index contributed by atoms with van der Waals surface area (Å²) in [6.45, 7) is 0.0363. The molecule has 2 aromatic rings. The number of aromatic nitrogens is 1. The lowest BCUT2D eigenvalue weighted by Crippen LogP contribution is -2.15. The van der Waals surface area contributed by atoms with Crippen molar-refractivity contribution >= 4 is 38.5 Å². The fraction of sp³-hybridized carbons (Fsp3) is 0.286. The van der Waals surface area contributed by atoms with Gasteiger partial charge in [-0.3, -0.25) is 4.79 Å². The van der Waals surface area contributed by atoms with E-state index in [2.05, 4.69) is 31.0 Å². The van der Waals surface area contributed by atoms with Crippen LogP contribution in [-0.4, -0.2) is 38.8 Å². The van der Waals surface area contributed by atoms with Crippen LogP contribution in [0.3, 0.4) is 0 Å². The molecule has 0 unspecified atom stereocenters. The van der Waals surface area contributed by atoms with E-state index in [1.54, 1.807) is 20.4 Å². The molecule has 0 bridgehead atoms. The van der Waals surface area contributed by atoms with Crippen molar-refractivity contribution in [1.82, 2.24) is 4.98 Å². The van der Waals surface area contributed by atoms with Gasteiger partial charge in [0.1, 0.15) is 12.4 Å². The molecular formula is C14H15BrN2O4. The van der Waals surface area contributed by atoms with E-state index in [1.165, 1.54) is 7.11 Å². The molecule has 1 aromatic heterocycles. The summed E-state index contributed by atoms with van der Waals surface area (Å²) in [5.74, 6) is 1.38. The van der Waals surface area contributed by atoms with Gasteiger partial charge in [-0.2, -0.15) is 0 Å². The molecule has 2 rings (SSSR count). The minimum atomic E-state index is -0.367. The van der Waals surface area contributed by atoms with Crippen molar-refractivity contribution in [2.75, 3.05) is 33.2 Å². The van der Waals surface area contributed by atoms with Gasteiger partial charge < -0.3 is 19.5 Å². The average Bonchev–Trinajstić information content (AvgIpc) is 2.52. The predicted molar refractivity (Wildman–Crippen MR) is 83.1 cm³/mol. The maximum absolute atomic E-state index is 11.2. The van der Waals surface area contributed by atoms with Gasteiger partial charge in [0.25, 0.3) is 0 Å². The van der Waals surface area contributed by atoms with Crippen LogP contribution in [0.25, 0.3) is 10.8 Å². The molecule has 6 nitrogen and oxygen atoms in total. The van der Waals surface area contributed by atoms with Crippen molar-refractivity contribution in [2.24, 2.45) is 0 Å². The number of pyridine rings is 1. The molecule has 0 saturated heterocycles. The van der Waals surface area contributed by atoms with E-state index in [9.17, 15) is 4.79 Å². The molecule has 0 aliphatic carbocycles. The van der Waals surface area contributed by atoms with Gasteiger partial charge in [-0.05, 0) is 28.1 Å². The third-order valence-electron chi connectivity index (χ3n) is 2.98. The molecule has 1 N–H and O–H groups in total. The van der Waals surface area contributed by atoms with Gasteiger partial charge in [0.15, 0.2) is 11.5 Å². The quantitative estimate of drug-likeness (QED) is 0.832. The lowest BCUT2D eigenvalue weighted by molar-refractivity contribution is -0.138. The highest BCUT2D eigenvalue weighted by molar-refractivity contribution is 9.10. The smallest absolute Gasteiger partial charge is 0.325 e. The van der Waals surface area contributed by atoms with Crippen molar-refractivity contribution in [3.63, 3.8) is 0 Å². The lowest BCUT2D eigenvalue weighted by Gasteiger charge is -2.14. The normalized spacial score (nSPS) is 10.3. The molecule has 0 aliphatic rings. The minimum absolute atomic E-state index is 0.0363. The highest BCUT2D eigenvalue weighted by atomic mass is 79.9. The van der Waals surface area contributed by atoms with Crippen LogP contribution < -0.4 is 14.8 Å². The first-order valence-corrected chi connectivity index (χ1v) is 6.91. The standard InChI is InChI=1S/C14H15BrN2O4/c1-19-10-6-9-8(12(15)13(10)21-3)4-5-16-14(9)17-7-11(18)20-2/h4-6H,7H2,1-3H3,(H,16,17). The fourth-order valence-corrected chi connectivity index (χ4v) is 2.65. The monoisotopic (exact) mass is 354 g/mol. The van der Waals surface area contributed by atoms with E-state index in [0.29, 0.717) is 17.3 Å². The Hall–Kier alpha value is -2.02. The van der Waals surface area contributed by atoms with Crippen LogP contribution in [0.1, 0.15) is 0 Å². The molecule has 1 aromatic carbocycles. The average molecular weight is 355 g/mol. The SMILES string of the molecule is COC(=O)CNc1nccc2c(Br)c(OC)c(OC)cc12. The maximum atomic E-state index is 11.2.